The summed E-state index contributed by atoms with van der Waals surface area (Å²) in [6.07, 6.45) is 0.643. The lowest BCUT2D eigenvalue weighted by atomic mass is 9.93. The van der Waals surface area contributed by atoms with E-state index in [1.807, 2.05) is 45.9 Å². The summed E-state index contributed by atoms with van der Waals surface area (Å²) in [5.41, 5.74) is 2.61. The van der Waals surface area contributed by atoms with Crippen LogP contribution in [0.4, 0.5) is 10.5 Å². The Labute approximate surface area is 167 Å². The Morgan fingerprint density at radius 1 is 1.04 bits per heavy atom. The van der Waals surface area contributed by atoms with Crippen LogP contribution in [0.25, 0.3) is 0 Å². The minimum Gasteiger partial charge on any atom is -0.343 e. The molecule has 1 aromatic rings. The Bertz CT molecular complexity index is 800. The molecule has 1 heterocycles. The van der Waals surface area contributed by atoms with Crippen LogP contribution >= 0.6 is 0 Å². The average Bonchev–Trinajstić information content (AvgIpc) is 2.61. The molecule has 1 saturated heterocycles. The fraction of sp³-hybridized carbons (Fsp3) is 0.600. The zero-order chi connectivity index (χ0) is 21.1. The zero-order valence-corrected chi connectivity index (χ0v) is 18.1. The maximum atomic E-state index is 12.6. The number of amides is 3. The quantitative estimate of drug-likeness (QED) is 0.779. The number of piperidine rings is 1. The molecule has 3 amide bonds. The lowest BCUT2D eigenvalue weighted by Crippen LogP contribution is -2.47. The SMILES string of the molecule is CC(=O)N1CCC(S(=O)(=O)NC(=O)Nc2c(C(C)C)cccc2C(C)C)CC1. The van der Waals surface area contributed by atoms with E-state index in [0.717, 1.165) is 11.1 Å². The van der Waals surface area contributed by atoms with Crippen molar-refractivity contribution in [3.63, 3.8) is 0 Å². The maximum Gasteiger partial charge on any atom is 0.332 e. The van der Waals surface area contributed by atoms with Gasteiger partial charge in [-0.25, -0.2) is 17.9 Å². The van der Waals surface area contributed by atoms with E-state index in [1.54, 1.807) is 4.90 Å². The van der Waals surface area contributed by atoms with E-state index in [1.165, 1.54) is 6.92 Å². The predicted molar refractivity (Wildman–Crippen MR) is 111 cm³/mol. The largest absolute Gasteiger partial charge is 0.343 e. The number of rotatable bonds is 5. The first-order valence-electron chi connectivity index (χ1n) is 9.73. The highest BCUT2D eigenvalue weighted by molar-refractivity contribution is 7.90. The predicted octanol–water partition coefficient (Wildman–Crippen LogP) is 3.40. The smallest absolute Gasteiger partial charge is 0.332 e. The van der Waals surface area contributed by atoms with Gasteiger partial charge in [0.05, 0.1) is 5.25 Å². The third-order valence-electron chi connectivity index (χ3n) is 5.17. The normalized spacial score (nSPS) is 15.8. The van der Waals surface area contributed by atoms with Crippen LogP contribution in [0.2, 0.25) is 0 Å². The van der Waals surface area contributed by atoms with E-state index in [4.69, 9.17) is 0 Å². The molecule has 0 spiro atoms. The van der Waals surface area contributed by atoms with Gasteiger partial charge in [-0.1, -0.05) is 45.9 Å². The van der Waals surface area contributed by atoms with Crippen LogP contribution in [0.3, 0.4) is 0 Å². The van der Waals surface area contributed by atoms with E-state index in [2.05, 4.69) is 10.0 Å². The molecule has 0 atom stereocenters. The molecule has 156 valence electrons. The highest BCUT2D eigenvalue weighted by Gasteiger charge is 2.32. The molecule has 0 aliphatic carbocycles. The molecule has 8 heteroatoms. The second-order valence-electron chi connectivity index (χ2n) is 7.93. The summed E-state index contributed by atoms with van der Waals surface area (Å²) in [5, 5.41) is 2.09. The van der Waals surface area contributed by atoms with Gasteiger partial charge in [0.1, 0.15) is 0 Å². The minimum absolute atomic E-state index is 0.0620. The number of likely N-dealkylation sites (tertiary alicyclic amines) is 1. The van der Waals surface area contributed by atoms with Crippen molar-refractivity contribution < 1.29 is 18.0 Å². The third kappa shape index (κ3) is 5.25. The van der Waals surface area contributed by atoms with E-state index in [0.29, 0.717) is 31.6 Å². The number of urea groups is 1. The monoisotopic (exact) mass is 409 g/mol. The van der Waals surface area contributed by atoms with E-state index < -0.39 is 21.3 Å². The number of sulfonamides is 1. The number of nitrogens with one attached hydrogen (secondary N) is 2. The third-order valence-corrected chi connectivity index (χ3v) is 6.99. The molecule has 7 nitrogen and oxygen atoms in total. The summed E-state index contributed by atoms with van der Waals surface area (Å²) in [4.78, 5) is 25.6. The fourth-order valence-electron chi connectivity index (χ4n) is 3.53. The standard InChI is InChI=1S/C20H31N3O4S/c1-13(2)17-7-6-8-18(14(3)4)19(17)21-20(25)22-28(26,27)16-9-11-23(12-10-16)15(5)24/h6-8,13-14,16H,9-12H2,1-5H3,(H2,21,22,25). The topological polar surface area (TPSA) is 95.6 Å². The van der Waals surface area contributed by atoms with Crippen molar-refractivity contribution in [3.8, 4) is 0 Å². The molecule has 2 N–H and O–H groups in total. The first kappa shape index (κ1) is 22.2. The van der Waals surface area contributed by atoms with Crippen molar-refractivity contribution in [1.82, 2.24) is 9.62 Å². The Hall–Kier alpha value is -2.09. The van der Waals surface area contributed by atoms with Crippen molar-refractivity contribution in [2.24, 2.45) is 0 Å². The van der Waals surface area contributed by atoms with E-state index >= 15 is 0 Å². The Morgan fingerprint density at radius 2 is 1.54 bits per heavy atom. The fourth-order valence-corrected chi connectivity index (χ4v) is 4.84. The lowest BCUT2D eigenvalue weighted by molar-refractivity contribution is -0.129. The molecule has 1 aromatic carbocycles. The molecule has 0 aromatic heterocycles. The Morgan fingerprint density at radius 3 is 1.96 bits per heavy atom. The van der Waals surface area contributed by atoms with Crippen LogP contribution < -0.4 is 10.0 Å². The highest BCUT2D eigenvalue weighted by Crippen LogP contribution is 2.32. The first-order valence-corrected chi connectivity index (χ1v) is 11.3. The van der Waals surface area contributed by atoms with Gasteiger partial charge in [0, 0.05) is 25.7 Å². The van der Waals surface area contributed by atoms with Gasteiger partial charge < -0.3 is 10.2 Å². The van der Waals surface area contributed by atoms with Gasteiger partial charge in [0.15, 0.2) is 0 Å². The van der Waals surface area contributed by atoms with E-state index in [9.17, 15) is 18.0 Å². The average molecular weight is 410 g/mol. The second kappa shape index (κ2) is 8.94. The number of anilines is 1. The maximum absolute atomic E-state index is 12.6. The Kier molecular flexibility index (Phi) is 7.09. The van der Waals surface area contributed by atoms with Crippen LogP contribution in [0, 0.1) is 0 Å². The van der Waals surface area contributed by atoms with Crippen molar-refractivity contribution >= 4 is 27.6 Å². The summed E-state index contributed by atoms with van der Waals surface area (Å²) in [6, 6.07) is 5.09. The highest BCUT2D eigenvalue weighted by atomic mass is 32.2. The van der Waals surface area contributed by atoms with Gasteiger partial charge in [-0.2, -0.15) is 0 Å². The molecular formula is C20H31N3O4S. The molecule has 1 fully saturated rings. The van der Waals surface area contributed by atoms with E-state index in [-0.39, 0.29) is 17.7 Å². The van der Waals surface area contributed by atoms with Gasteiger partial charge in [-0.05, 0) is 35.8 Å². The van der Waals surface area contributed by atoms with Gasteiger partial charge in [-0.15, -0.1) is 0 Å². The summed E-state index contributed by atoms with van der Waals surface area (Å²) in [7, 11) is -3.82. The molecule has 1 aliphatic heterocycles. The Balaban J connectivity index is 2.13. The number of hydrogen-bond donors (Lipinski definition) is 2. The first-order chi connectivity index (χ1) is 13.0. The van der Waals surface area contributed by atoms with Crippen LogP contribution in [-0.2, 0) is 14.8 Å². The van der Waals surface area contributed by atoms with Crippen molar-refractivity contribution in [2.75, 3.05) is 18.4 Å². The molecule has 0 saturated carbocycles. The summed E-state index contributed by atoms with van der Waals surface area (Å²) in [6.45, 7) is 10.4. The lowest BCUT2D eigenvalue weighted by Gasteiger charge is -2.31. The van der Waals surface area contributed by atoms with Crippen molar-refractivity contribution in [3.05, 3.63) is 29.3 Å². The van der Waals surface area contributed by atoms with Gasteiger partial charge >= 0.3 is 6.03 Å². The van der Waals surface area contributed by atoms with Gasteiger partial charge in [0.25, 0.3) is 0 Å². The number of carbonyl (C=O) groups is 2. The van der Waals surface area contributed by atoms with Crippen LogP contribution in [0.1, 0.15) is 70.4 Å². The number of nitrogens with zero attached hydrogens (tertiary/aromatic N) is 1. The van der Waals surface area contributed by atoms with Gasteiger partial charge in [-0.3, -0.25) is 4.79 Å². The number of para-hydroxylation sites is 1. The second-order valence-corrected chi connectivity index (χ2v) is 9.89. The van der Waals surface area contributed by atoms with Crippen LogP contribution in [-0.4, -0.2) is 43.6 Å². The molecule has 0 unspecified atom stereocenters. The van der Waals surface area contributed by atoms with Crippen LogP contribution in [0.5, 0.6) is 0 Å². The molecule has 1 aliphatic rings. The number of benzene rings is 1. The van der Waals surface area contributed by atoms with Crippen molar-refractivity contribution in [1.29, 1.82) is 0 Å². The van der Waals surface area contributed by atoms with Crippen LogP contribution in [0.15, 0.2) is 18.2 Å². The van der Waals surface area contributed by atoms with Crippen molar-refractivity contribution in [2.45, 2.75) is 64.5 Å². The molecule has 2 rings (SSSR count). The summed E-state index contributed by atoms with van der Waals surface area (Å²) < 4.78 is 27.4. The molecule has 0 bridgehead atoms. The number of carbonyl (C=O) groups excluding carboxylic acids is 2. The molecule has 0 radical (unpaired) electrons. The summed E-state index contributed by atoms with van der Waals surface area (Å²) >= 11 is 0. The summed E-state index contributed by atoms with van der Waals surface area (Å²) in [5.74, 6) is 0.302. The minimum atomic E-state index is -3.82. The molecule has 28 heavy (non-hydrogen) atoms. The van der Waals surface area contributed by atoms with Gasteiger partial charge in [0.2, 0.25) is 15.9 Å². The number of hydrogen-bond acceptors (Lipinski definition) is 4. The molecular weight excluding hydrogens is 378 g/mol. The zero-order valence-electron chi connectivity index (χ0n) is 17.3.